The molecule has 1 aliphatic heterocycles. The summed E-state index contributed by atoms with van der Waals surface area (Å²) in [4.78, 5) is 20.0. The van der Waals surface area contributed by atoms with Crippen molar-refractivity contribution >= 4 is 12.1 Å². The van der Waals surface area contributed by atoms with Gasteiger partial charge in [0, 0.05) is 39.8 Å². The van der Waals surface area contributed by atoms with Crippen LogP contribution in [0.15, 0.2) is 29.3 Å². The average Bonchev–Trinajstić information content (AvgIpc) is 2.63. The fraction of sp³-hybridized carbons (Fsp3) is 0.529. The summed E-state index contributed by atoms with van der Waals surface area (Å²) in [5, 5.41) is 3.36. The number of nitrogens with one attached hydrogen (secondary N) is 1. The minimum atomic E-state index is -0.238. The Hall–Kier alpha value is -2.44. The summed E-state index contributed by atoms with van der Waals surface area (Å²) in [7, 11) is 3.43. The number of piperazine rings is 1. The molecular weight excluding hydrogens is 308 g/mol. The van der Waals surface area contributed by atoms with E-state index in [1.807, 2.05) is 31.2 Å². The molecule has 7 heteroatoms. The summed E-state index contributed by atoms with van der Waals surface area (Å²) >= 11 is 0. The summed E-state index contributed by atoms with van der Waals surface area (Å²) in [6.45, 7) is 5.67. The summed E-state index contributed by atoms with van der Waals surface area (Å²) in [5.41, 5.74) is 1.15. The lowest BCUT2D eigenvalue weighted by Gasteiger charge is -2.35. The zero-order valence-electron chi connectivity index (χ0n) is 14.6. The number of hydrogen-bond acceptors (Lipinski definition) is 4. The van der Waals surface area contributed by atoms with Crippen molar-refractivity contribution in [3.05, 3.63) is 29.8 Å². The van der Waals surface area contributed by atoms with Crippen LogP contribution in [0.4, 0.5) is 4.79 Å². The average molecular weight is 334 g/mol. The SMILES string of the molecule is CCOC(=O)N1CCN(C(=NC)NCc2ccc(OC)cc2)CC1. The standard InChI is InChI=1S/C17H26N4O3/c1-4-24-17(22)21-11-9-20(10-12-21)16(18-2)19-13-14-5-7-15(23-3)8-6-14/h5-8H,4,9-13H2,1-3H3,(H,18,19). The Morgan fingerprint density at radius 2 is 1.79 bits per heavy atom. The molecule has 1 amide bonds. The van der Waals surface area contributed by atoms with Gasteiger partial charge in [-0.3, -0.25) is 4.99 Å². The van der Waals surface area contributed by atoms with Crippen LogP contribution in [0.2, 0.25) is 0 Å². The molecule has 1 N–H and O–H groups in total. The first-order chi connectivity index (χ1) is 11.7. The van der Waals surface area contributed by atoms with E-state index in [9.17, 15) is 4.79 Å². The predicted octanol–water partition coefficient (Wildman–Crippen LogP) is 1.54. The third-order valence-corrected chi connectivity index (χ3v) is 3.93. The van der Waals surface area contributed by atoms with Crippen molar-refractivity contribution < 1.29 is 14.3 Å². The van der Waals surface area contributed by atoms with Gasteiger partial charge in [-0.2, -0.15) is 0 Å². The Kier molecular flexibility index (Phi) is 6.72. The molecular formula is C17H26N4O3. The molecule has 0 unspecified atom stereocenters. The second-order valence-electron chi connectivity index (χ2n) is 5.42. The monoisotopic (exact) mass is 334 g/mol. The van der Waals surface area contributed by atoms with Crippen LogP contribution in [0.1, 0.15) is 12.5 Å². The molecule has 0 atom stereocenters. The molecule has 0 aromatic heterocycles. The first-order valence-electron chi connectivity index (χ1n) is 8.18. The van der Waals surface area contributed by atoms with Crippen molar-refractivity contribution in [1.82, 2.24) is 15.1 Å². The van der Waals surface area contributed by atoms with Crippen LogP contribution in [-0.2, 0) is 11.3 Å². The number of methoxy groups -OCH3 is 1. The fourth-order valence-electron chi connectivity index (χ4n) is 2.57. The lowest BCUT2D eigenvalue weighted by atomic mass is 10.2. The molecule has 2 rings (SSSR count). The highest BCUT2D eigenvalue weighted by molar-refractivity contribution is 5.80. The zero-order valence-corrected chi connectivity index (χ0v) is 14.6. The molecule has 0 spiro atoms. The zero-order chi connectivity index (χ0) is 17.4. The van der Waals surface area contributed by atoms with Gasteiger partial charge in [0.2, 0.25) is 0 Å². The number of rotatable bonds is 4. The van der Waals surface area contributed by atoms with E-state index in [-0.39, 0.29) is 6.09 Å². The van der Waals surface area contributed by atoms with Gasteiger partial charge in [-0.05, 0) is 24.6 Å². The lowest BCUT2D eigenvalue weighted by Crippen LogP contribution is -2.53. The van der Waals surface area contributed by atoms with Crippen molar-refractivity contribution in [2.24, 2.45) is 4.99 Å². The van der Waals surface area contributed by atoms with E-state index >= 15 is 0 Å². The maximum Gasteiger partial charge on any atom is 0.409 e. The minimum absolute atomic E-state index is 0.238. The Balaban J connectivity index is 1.83. The Morgan fingerprint density at radius 1 is 1.17 bits per heavy atom. The van der Waals surface area contributed by atoms with Gasteiger partial charge in [-0.1, -0.05) is 12.1 Å². The van der Waals surface area contributed by atoms with Crippen LogP contribution in [0.3, 0.4) is 0 Å². The van der Waals surface area contributed by atoms with Crippen molar-refractivity contribution in [3.63, 3.8) is 0 Å². The van der Waals surface area contributed by atoms with E-state index < -0.39 is 0 Å². The van der Waals surface area contributed by atoms with Gasteiger partial charge in [-0.25, -0.2) is 4.79 Å². The van der Waals surface area contributed by atoms with Gasteiger partial charge in [0.25, 0.3) is 0 Å². The van der Waals surface area contributed by atoms with E-state index in [0.717, 1.165) is 30.4 Å². The van der Waals surface area contributed by atoms with Crippen LogP contribution in [-0.4, -0.2) is 68.8 Å². The summed E-state index contributed by atoms with van der Waals surface area (Å²) in [6, 6.07) is 7.94. The number of hydrogen-bond donors (Lipinski definition) is 1. The number of benzene rings is 1. The number of amides is 1. The Labute approximate surface area is 143 Å². The van der Waals surface area contributed by atoms with Crippen LogP contribution in [0.5, 0.6) is 5.75 Å². The third-order valence-electron chi connectivity index (χ3n) is 3.93. The molecule has 1 aliphatic rings. The maximum absolute atomic E-state index is 11.7. The Bertz CT molecular complexity index is 551. The van der Waals surface area contributed by atoms with Crippen LogP contribution in [0, 0.1) is 0 Å². The largest absolute Gasteiger partial charge is 0.497 e. The molecule has 0 saturated carbocycles. The van der Waals surface area contributed by atoms with E-state index in [4.69, 9.17) is 9.47 Å². The van der Waals surface area contributed by atoms with E-state index in [1.54, 1.807) is 19.1 Å². The fourth-order valence-corrected chi connectivity index (χ4v) is 2.57. The quantitative estimate of drug-likeness (QED) is 0.668. The molecule has 1 aromatic carbocycles. The minimum Gasteiger partial charge on any atom is -0.497 e. The van der Waals surface area contributed by atoms with E-state index in [0.29, 0.717) is 26.2 Å². The molecule has 0 radical (unpaired) electrons. The highest BCUT2D eigenvalue weighted by Crippen LogP contribution is 2.11. The first-order valence-corrected chi connectivity index (χ1v) is 8.18. The number of nitrogens with zero attached hydrogens (tertiary/aromatic N) is 3. The number of ether oxygens (including phenoxy) is 2. The van der Waals surface area contributed by atoms with Crippen molar-refractivity contribution in [3.8, 4) is 5.75 Å². The molecule has 1 saturated heterocycles. The van der Waals surface area contributed by atoms with Gasteiger partial charge in [-0.15, -0.1) is 0 Å². The topological polar surface area (TPSA) is 66.4 Å². The molecule has 7 nitrogen and oxygen atoms in total. The number of carbonyl (C=O) groups excluding carboxylic acids is 1. The highest BCUT2D eigenvalue weighted by atomic mass is 16.6. The number of guanidine groups is 1. The van der Waals surface area contributed by atoms with E-state index in [2.05, 4.69) is 15.2 Å². The summed E-state index contributed by atoms with van der Waals surface area (Å²) < 4.78 is 10.2. The molecule has 0 bridgehead atoms. The molecule has 132 valence electrons. The van der Waals surface area contributed by atoms with Crippen LogP contribution < -0.4 is 10.1 Å². The normalized spacial score (nSPS) is 15.2. The predicted molar refractivity (Wildman–Crippen MR) is 93.4 cm³/mol. The maximum atomic E-state index is 11.7. The van der Waals surface area contributed by atoms with Crippen molar-refractivity contribution in [2.75, 3.05) is 46.9 Å². The van der Waals surface area contributed by atoms with Gasteiger partial charge in [0.1, 0.15) is 5.75 Å². The second kappa shape index (κ2) is 9.00. The van der Waals surface area contributed by atoms with Gasteiger partial charge >= 0.3 is 6.09 Å². The summed E-state index contributed by atoms with van der Waals surface area (Å²) in [6.07, 6.45) is -0.238. The van der Waals surface area contributed by atoms with Gasteiger partial charge in [0.15, 0.2) is 5.96 Å². The van der Waals surface area contributed by atoms with Crippen molar-refractivity contribution in [2.45, 2.75) is 13.5 Å². The van der Waals surface area contributed by atoms with Gasteiger partial charge in [0.05, 0.1) is 13.7 Å². The number of aliphatic imine (C=N–C) groups is 1. The molecule has 1 fully saturated rings. The van der Waals surface area contributed by atoms with Crippen LogP contribution in [0.25, 0.3) is 0 Å². The first kappa shape index (κ1) is 17.9. The molecule has 24 heavy (non-hydrogen) atoms. The van der Waals surface area contributed by atoms with Crippen molar-refractivity contribution in [1.29, 1.82) is 0 Å². The highest BCUT2D eigenvalue weighted by Gasteiger charge is 2.23. The number of carbonyl (C=O) groups is 1. The lowest BCUT2D eigenvalue weighted by molar-refractivity contribution is 0.0914. The van der Waals surface area contributed by atoms with Crippen LogP contribution >= 0.6 is 0 Å². The second-order valence-corrected chi connectivity index (χ2v) is 5.42. The summed E-state index contributed by atoms with van der Waals surface area (Å²) in [5.74, 6) is 1.69. The van der Waals surface area contributed by atoms with E-state index in [1.165, 1.54) is 0 Å². The van der Waals surface area contributed by atoms with Gasteiger partial charge < -0.3 is 24.6 Å². The third kappa shape index (κ3) is 4.78. The smallest absolute Gasteiger partial charge is 0.409 e. The molecule has 0 aliphatic carbocycles. The Morgan fingerprint density at radius 3 is 2.33 bits per heavy atom. The molecule has 1 heterocycles. The molecule has 1 aromatic rings.